The minimum Gasteiger partial charge on any atom is -0.372 e. The Balaban J connectivity index is 0.000000184. The molecule has 0 bridgehead atoms. The Morgan fingerprint density at radius 2 is 1.08 bits per heavy atom. The van der Waals surface area contributed by atoms with Gasteiger partial charge in [0, 0.05) is 71.6 Å². The number of aromatic nitrogens is 8. The Morgan fingerprint density at radius 1 is 0.640 bits per heavy atom. The van der Waals surface area contributed by atoms with Crippen molar-refractivity contribution in [1.82, 2.24) is 38.2 Å². The number of carbonyl (C=O) groups excluding carboxylic acids is 2. The van der Waals surface area contributed by atoms with E-state index in [0.29, 0.717) is 32.2 Å². The maximum atomic E-state index is 14.7. The summed E-state index contributed by atoms with van der Waals surface area (Å²) in [6, 6.07) is 20.9. The van der Waals surface area contributed by atoms with E-state index in [9.17, 15) is 64.5 Å². The molecule has 25 heteroatoms. The lowest BCUT2D eigenvalue weighted by Crippen LogP contribution is -2.43. The Labute approximate surface area is 429 Å². The van der Waals surface area contributed by atoms with Crippen molar-refractivity contribution < 1.29 is 54.9 Å². The average molecular weight is 1150 g/mol. The Bertz CT molecular complexity index is 3940. The van der Waals surface area contributed by atoms with Gasteiger partial charge in [0.2, 0.25) is 23.0 Å². The number of nitrogens with zero attached hydrogens (tertiary/aromatic N) is 7. The highest BCUT2D eigenvalue weighted by Crippen LogP contribution is 2.49. The van der Waals surface area contributed by atoms with E-state index in [1.807, 2.05) is 22.6 Å². The number of rotatable bonds is 9. The molecule has 4 aromatic carbocycles. The van der Waals surface area contributed by atoms with Crippen LogP contribution in [0.1, 0.15) is 22.3 Å². The molecule has 75 heavy (non-hydrogen) atoms. The molecule has 2 atom stereocenters. The van der Waals surface area contributed by atoms with Gasteiger partial charge in [0.25, 0.3) is 11.1 Å². The van der Waals surface area contributed by atoms with Crippen LogP contribution in [0.5, 0.6) is 0 Å². The molecule has 388 valence electrons. The smallest absolute Gasteiger partial charge is 0.372 e. The van der Waals surface area contributed by atoms with Crippen LogP contribution in [0.25, 0.3) is 55.0 Å². The van der Waals surface area contributed by atoms with Gasteiger partial charge in [0.1, 0.15) is 29.2 Å². The summed E-state index contributed by atoms with van der Waals surface area (Å²) in [6.07, 6.45) is -3.08. The van der Waals surface area contributed by atoms with Crippen molar-refractivity contribution in [3.63, 3.8) is 0 Å². The highest BCUT2D eigenvalue weighted by atomic mass is 127. The normalized spacial score (nSPS) is 13.5. The lowest BCUT2D eigenvalue weighted by Gasteiger charge is -2.31. The van der Waals surface area contributed by atoms with Crippen molar-refractivity contribution in [1.29, 1.82) is 0 Å². The van der Waals surface area contributed by atoms with Gasteiger partial charge in [-0.1, -0.05) is 34.7 Å². The van der Waals surface area contributed by atoms with Gasteiger partial charge in [-0.3, -0.25) is 19.2 Å². The Kier molecular flexibility index (Phi) is 14.1. The molecule has 16 nitrogen and oxygen atoms in total. The summed E-state index contributed by atoms with van der Waals surface area (Å²) in [5.41, 5.74) is 1.40. The van der Waals surface area contributed by atoms with E-state index in [4.69, 9.17) is 5.73 Å². The summed E-state index contributed by atoms with van der Waals surface area (Å²) < 4.78 is 120. The molecule has 2 unspecified atom stereocenters. The quantitative estimate of drug-likeness (QED) is 0.0565. The molecule has 0 aliphatic carbocycles. The van der Waals surface area contributed by atoms with Gasteiger partial charge in [-0.05, 0) is 96.1 Å². The van der Waals surface area contributed by atoms with Gasteiger partial charge < -0.3 is 40.4 Å². The molecule has 2 amide bonds. The summed E-state index contributed by atoms with van der Waals surface area (Å²) in [7, 11) is 2.89. The molecule has 0 spiro atoms. The molecule has 0 aliphatic rings. The van der Waals surface area contributed by atoms with Crippen LogP contribution in [0, 0.1) is 11.6 Å². The highest BCUT2D eigenvalue weighted by molar-refractivity contribution is 14.1. The predicted octanol–water partition coefficient (Wildman–Crippen LogP) is 7.15. The first kappa shape index (κ1) is 53.1. The minimum atomic E-state index is -5.22. The van der Waals surface area contributed by atoms with E-state index in [2.05, 4.69) is 20.9 Å². The lowest BCUT2D eigenvalue weighted by atomic mass is 9.85. The molecular weight excluding hydrogens is 1120 g/mol. The van der Waals surface area contributed by atoms with E-state index in [1.165, 1.54) is 132 Å². The third-order valence-corrected chi connectivity index (χ3v) is 12.9. The molecular formula is C50H39F8IN10O6. The molecule has 7 N–H and O–H groups in total. The number of pyridine rings is 2. The van der Waals surface area contributed by atoms with Crippen LogP contribution in [0.3, 0.4) is 0 Å². The number of aryl methyl sites for hydroxylation is 2. The maximum Gasteiger partial charge on any atom is 0.425 e. The number of carbonyl (C=O) groups is 2. The maximum absolute atomic E-state index is 14.7. The summed E-state index contributed by atoms with van der Waals surface area (Å²) in [5, 5.41) is 31.3. The molecule has 0 saturated carbocycles. The summed E-state index contributed by atoms with van der Waals surface area (Å²) in [4.78, 5) is 48.9. The number of amides is 2. The van der Waals surface area contributed by atoms with E-state index in [1.54, 1.807) is 0 Å². The van der Waals surface area contributed by atoms with Crippen molar-refractivity contribution in [2.45, 2.75) is 30.1 Å². The number of alkyl halides is 7. The Hall–Kier alpha value is -8.17. The van der Waals surface area contributed by atoms with Crippen molar-refractivity contribution >= 4 is 78.0 Å². The Morgan fingerprint density at radius 3 is 1.52 bits per heavy atom. The second kappa shape index (κ2) is 19.9. The van der Waals surface area contributed by atoms with Crippen molar-refractivity contribution in [3.8, 4) is 11.4 Å². The second-order valence-electron chi connectivity index (χ2n) is 17.0. The number of aliphatic hydroxyl groups is 2. The first-order valence-corrected chi connectivity index (χ1v) is 23.4. The zero-order chi connectivity index (χ0) is 54.5. The van der Waals surface area contributed by atoms with Crippen LogP contribution in [0.4, 0.5) is 35.1 Å². The van der Waals surface area contributed by atoms with Crippen LogP contribution in [0.2, 0.25) is 0 Å². The monoisotopic (exact) mass is 1150 g/mol. The minimum absolute atomic E-state index is 0.0278. The molecule has 6 heterocycles. The van der Waals surface area contributed by atoms with Crippen LogP contribution in [0.15, 0.2) is 144 Å². The van der Waals surface area contributed by atoms with E-state index < -0.39 is 81.0 Å². The van der Waals surface area contributed by atoms with E-state index in [0.717, 1.165) is 39.7 Å². The summed E-state index contributed by atoms with van der Waals surface area (Å²) in [5.74, 6) is -2.02. The second-order valence-corrected chi connectivity index (χ2v) is 17.7. The number of primary amides is 2. The van der Waals surface area contributed by atoms with Crippen molar-refractivity contribution in [3.05, 3.63) is 189 Å². The summed E-state index contributed by atoms with van der Waals surface area (Å²) >= 11 is 1.90. The molecule has 10 rings (SSSR count). The fourth-order valence-corrected chi connectivity index (χ4v) is 8.53. The number of hydrogen-bond acceptors (Lipinski definition) is 8. The third-order valence-electron chi connectivity index (χ3n) is 12.2. The van der Waals surface area contributed by atoms with Gasteiger partial charge in [-0.25, -0.2) is 18.1 Å². The van der Waals surface area contributed by atoms with Gasteiger partial charge >= 0.3 is 12.4 Å². The van der Waals surface area contributed by atoms with Crippen LogP contribution in [-0.2, 0) is 41.4 Å². The topological polar surface area (TPSA) is 227 Å². The number of fused-ring (bicyclic) bond motifs is 4. The third kappa shape index (κ3) is 9.64. The number of aromatic amines is 1. The highest BCUT2D eigenvalue weighted by Gasteiger charge is 2.59. The van der Waals surface area contributed by atoms with E-state index >= 15 is 0 Å². The van der Waals surface area contributed by atoms with Crippen molar-refractivity contribution in [2.24, 2.45) is 25.6 Å². The number of nitrogens with one attached hydrogen (secondary N) is 1. The largest absolute Gasteiger partial charge is 0.425 e. The average Bonchev–Trinajstić information content (AvgIpc) is 4.18. The predicted molar refractivity (Wildman–Crippen MR) is 268 cm³/mol. The van der Waals surface area contributed by atoms with Gasteiger partial charge in [0.05, 0.1) is 39.2 Å². The molecule has 0 saturated heterocycles. The van der Waals surface area contributed by atoms with Crippen LogP contribution >= 0.6 is 22.6 Å². The number of hydrogen-bond donors (Lipinski definition) is 5. The van der Waals surface area contributed by atoms with Crippen LogP contribution in [-0.4, -0.2) is 77.1 Å². The number of nitrogens with two attached hydrogens (primary N) is 2. The standard InChI is InChI=1S/C25H19F4N5O3.C23H16F4N4O2.C2H4INO/c1-32-9-8-18-19(12-33(13-21(30)35)22(18)23(32)36)24(37,25(27,28)29)15-2-7-20-14(10-15)11-31-34(20)17-5-3-16(26)4-6-17;1-30-9-8-17-18(12-28-20(17)21(30)32)22(33,23(25,26)27)14-2-7-19-13(10-14)11-29-31(19)16-5-3-15(24)4-6-16;3-1-2(4)5/h2-12,37H,13H2,1H3,(H2,30,35);2-12,28,33H,1H3;1H2,(H2,4,5). The fourth-order valence-electron chi connectivity index (χ4n) is 8.53. The fraction of sp³-hybridized carbons (Fsp3) is 0.160. The molecule has 6 aromatic heterocycles. The van der Waals surface area contributed by atoms with E-state index in [-0.39, 0.29) is 33.1 Å². The molecule has 0 radical (unpaired) electrons. The number of benzene rings is 4. The SMILES string of the molecule is Cn1ccc2c(C(O)(c3ccc4c(cnn4-c4ccc(F)cc4)c3)C(F)(F)F)c[nH]c2c1=O.Cn1ccc2c(C(O)(c3ccc4c(cnn4-c4ccc(F)cc4)c3)C(F)(F)F)cn(CC(N)=O)c2c1=O.NC(=O)CI. The molecule has 10 aromatic rings. The van der Waals surface area contributed by atoms with Gasteiger partial charge in [-0.15, -0.1) is 0 Å². The number of halogens is 9. The van der Waals surface area contributed by atoms with Gasteiger partial charge in [0.15, 0.2) is 0 Å². The van der Waals surface area contributed by atoms with Crippen molar-refractivity contribution in [2.75, 3.05) is 4.43 Å². The first-order valence-electron chi connectivity index (χ1n) is 21.9. The van der Waals surface area contributed by atoms with Crippen LogP contribution < -0.4 is 22.6 Å². The lowest BCUT2D eigenvalue weighted by molar-refractivity contribution is -0.248. The summed E-state index contributed by atoms with van der Waals surface area (Å²) in [6.45, 7) is -0.562. The number of H-pyrrole nitrogens is 1. The molecule has 0 fully saturated rings. The first-order chi connectivity index (χ1) is 35.3. The van der Waals surface area contributed by atoms with Gasteiger partial charge in [-0.2, -0.15) is 36.5 Å². The zero-order valence-electron chi connectivity index (χ0n) is 38.8. The zero-order valence-corrected chi connectivity index (χ0v) is 41.0. The molecule has 0 aliphatic heterocycles.